The quantitative estimate of drug-likeness (QED) is 0.681. The highest BCUT2D eigenvalue weighted by molar-refractivity contribution is 7.43. The summed E-state index contributed by atoms with van der Waals surface area (Å²) in [5, 5.41) is 2.77. The number of thiazole rings is 1. The third-order valence-electron chi connectivity index (χ3n) is 2.14. The highest BCUT2D eigenvalue weighted by Crippen LogP contribution is 2.18. The second kappa shape index (κ2) is 8.63. The van der Waals surface area contributed by atoms with E-state index in [1.54, 1.807) is 11.6 Å². The molecule has 100 valence electrons. The number of benzene rings is 1. The predicted octanol–water partition coefficient (Wildman–Crippen LogP) is 3.32. The number of carbonyl (C=O) groups excluding carboxylic acids is 1. The summed E-state index contributed by atoms with van der Waals surface area (Å²) in [6.07, 6.45) is 0. The number of nitrogens with one attached hydrogen (secondary N) is 1. The van der Waals surface area contributed by atoms with E-state index < -0.39 is 0 Å². The summed E-state index contributed by atoms with van der Waals surface area (Å²) in [5.74, 6) is 2.80. The molecule has 0 saturated carbocycles. The largest absolute Gasteiger partial charge is 0.341 e. The molecule has 0 fully saturated rings. The smallest absolute Gasteiger partial charge is 0.252 e. The summed E-state index contributed by atoms with van der Waals surface area (Å²) in [7, 11) is 0.600. The fourth-order valence-electron chi connectivity index (χ4n) is 1.36. The minimum absolute atomic E-state index is 0.0889. The minimum Gasteiger partial charge on any atom is -0.341 e. The molecule has 0 saturated heterocycles. The molecule has 1 aromatic heterocycles. The van der Waals surface area contributed by atoms with Crippen molar-refractivity contribution in [2.24, 2.45) is 0 Å². The van der Waals surface area contributed by atoms with E-state index >= 15 is 0 Å². The van der Waals surface area contributed by atoms with Crippen LogP contribution in [0.15, 0.2) is 23.7 Å². The molecular weight excluding hydrogens is 275 g/mol. The number of amides is 1. The highest BCUT2D eigenvalue weighted by Gasteiger charge is 2.05. The van der Waals surface area contributed by atoms with Crippen LogP contribution in [0.2, 0.25) is 0 Å². The van der Waals surface area contributed by atoms with Crippen molar-refractivity contribution in [2.45, 2.75) is 13.8 Å². The average Bonchev–Trinajstić information content (AvgIpc) is 2.93. The summed E-state index contributed by atoms with van der Waals surface area (Å²) >= 11 is 1.53. The van der Waals surface area contributed by atoms with Crippen molar-refractivity contribution >= 4 is 36.0 Å². The van der Waals surface area contributed by atoms with Gasteiger partial charge in [0, 0.05) is 5.56 Å². The molecule has 0 aliphatic heterocycles. The standard InChI is InChI=1S/C12H11N2OPS.C2H6/c1-16-6-2-5-13-12(15)9-3-4-10-11(7-9)17-8-14-10;1-2/h3-4,7-8,16H,5H2,1H3,(H,13,15);1-2H3. The van der Waals surface area contributed by atoms with Gasteiger partial charge in [0.15, 0.2) is 0 Å². The lowest BCUT2D eigenvalue weighted by atomic mass is 10.2. The molecule has 1 aromatic carbocycles. The van der Waals surface area contributed by atoms with Crippen LogP contribution in [-0.2, 0) is 0 Å². The Kier molecular flexibility index (Phi) is 7.10. The monoisotopic (exact) mass is 292 g/mol. The van der Waals surface area contributed by atoms with E-state index in [4.69, 9.17) is 0 Å². The Bertz CT molecular complexity index is 598. The van der Waals surface area contributed by atoms with Gasteiger partial charge in [-0.1, -0.05) is 25.4 Å². The van der Waals surface area contributed by atoms with Gasteiger partial charge in [0.1, 0.15) is 0 Å². The third kappa shape index (κ3) is 4.63. The number of rotatable bonds is 2. The van der Waals surface area contributed by atoms with E-state index in [1.807, 2.05) is 32.6 Å². The summed E-state index contributed by atoms with van der Waals surface area (Å²) < 4.78 is 1.03. The van der Waals surface area contributed by atoms with E-state index in [1.165, 1.54) is 11.3 Å². The molecular formula is C14H17N2OPS. The SMILES string of the molecule is CC.CPC#CCNC(=O)c1ccc2ncsc2c1. The fourth-order valence-corrected chi connectivity index (χ4v) is 2.34. The molecule has 1 heterocycles. The fraction of sp³-hybridized carbons (Fsp3) is 0.286. The predicted molar refractivity (Wildman–Crippen MR) is 85.3 cm³/mol. The van der Waals surface area contributed by atoms with Crippen LogP contribution in [-0.4, -0.2) is 24.1 Å². The lowest BCUT2D eigenvalue weighted by Crippen LogP contribution is -2.23. The van der Waals surface area contributed by atoms with E-state index in [0.29, 0.717) is 20.7 Å². The molecule has 0 aliphatic carbocycles. The van der Waals surface area contributed by atoms with Gasteiger partial charge in [0.05, 0.1) is 22.3 Å². The number of hydrogen-bond acceptors (Lipinski definition) is 3. The first-order chi connectivity index (χ1) is 9.31. The Morgan fingerprint density at radius 1 is 1.47 bits per heavy atom. The van der Waals surface area contributed by atoms with Gasteiger partial charge in [-0.15, -0.1) is 11.3 Å². The summed E-state index contributed by atoms with van der Waals surface area (Å²) in [6.45, 7) is 6.41. The van der Waals surface area contributed by atoms with Gasteiger partial charge in [0.2, 0.25) is 0 Å². The lowest BCUT2D eigenvalue weighted by Gasteiger charge is -2.00. The van der Waals surface area contributed by atoms with Gasteiger partial charge in [0.25, 0.3) is 5.91 Å². The molecule has 1 atom stereocenters. The normalized spacial score (nSPS) is 9.63. The van der Waals surface area contributed by atoms with Crippen LogP contribution >= 0.6 is 19.9 Å². The summed E-state index contributed by atoms with van der Waals surface area (Å²) in [6, 6.07) is 5.50. The maximum Gasteiger partial charge on any atom is 0.252 e. The van der Waals surface area contributed by atoms with Crippen molar-refractivity contribution in [2.75, 3.05) is 13.2 Å². The van der Waals surface area contributed by atoms with E-state index in [9.17, 15) is 4.79 Å². The van der Waals surface area contributed by atoms with Gasteiger partial charge >= 0.3 is 0 Å². The second-order valence-electron chi connectivity index (χ2n) is 3.27. The van der Waals surface area contributed by atoms with E-state index in [0.717, 1.165) is 10.2 Å². The van der Waals surface area contributed by atoms with Crippen LogP contribution in [0.4, 0.5) is 0 Å². The van der Waals surface area contributed by atoms with Crippen LogP contribution in [0.25, 0.3) is 10.2 Å². The number of carbonyl (C=O) groups is 1. The average molecular weight is 292 g/mol. The molecule has 19 heavy (non-hydrogen) atoms. The third-order valence-corrected chi connectivity index (χ3v) is 3.36. The molecule has 0 aliphatic rings. The molecule has 1 amide bonds. The molecule has 2 aromatic rings. The number of nitrogens with zero attached hydrogens (tertiary/aromatic N) is 1. The second-order valence-corrected chi connectivity index (χ2v) is 4.91. The van der Waals surface area contributed by atoms with Crippen LogP contribution in [0.5, 0.6) is 0 Å². The van der Waals surface area contributed by atoms with Gasteiger partial charge in [-0.2, -0.15) is 0 Å². The number of fused-ring (bicyclic) bond motifs is 1. The molecule has 3 nitrogen and oxygen atoms in total. The maximum absolute atomic E-state index is 11.8. The summed E-state index contributed by atoms with van der Waals surface area (Å²) in [4.78, 5) is 16.0. The van der Waals surface area contributed by atoms with Gasteiger partial charge in [-0.05, 0) is 33.4 Å². The van der Waals surface area contributed by atoms with E-state index in [-0.39, 0.29) is 5.91 Å². The first-order valence-electron chi connectivity index (χ1n) is 6.07. The van der Waals surface area contributed by atoms with Crippen LogP contribution in [0, 0.1) is 11.6 Å². The Hall–Kier alpha value is -1.43. The molecule has 0 bridgehead atoms. The van der Waals surface area contributed by atoms with Crippen molar-refractivity contribution in [1.82, 2.24) is 10.3 Å². The van der Waals surface area contributed by atoms with Gasteiger partial charge < -0.3 is 5.32 Å². The Labute approximate surface area is 119 Å². The van der Waals surface area contributed by atoms with Crippen molar-refractivity contribution in [3.8, 4) is 11.6 Å². The molecule has 2 rings (SSSR count). The van der Waals surface area contributed by atoms with E-state index in [2.05, 4.69) is 21.9 Å². The Balaban J connectivity index is 0.000000861. The van der Waals surface area contributed by atoms with Crippen molar-refractivity contribution < 1.29 is 4.79 Å². The topological polar surface area (TPSA) is 42.0 Å². The molecule has 0 radical (unpaired) electrons. The first-order valence-corrected chi connectivity index (χ1v) is 8.45. The van der Waals surface area contributed by atoms with Crippen LogP contribution < -0.4 is 5.32 Å². The molecule has 1 unspecified atom stereocenters. The van der Waals surface area contributed by atoms with Gasteiger partial charge in [-0.25, -0.2) is 4.98 Å². The first kappa shape index (κ1) is 15.6. The van der Waals surface area contributed by atoms with Gasteiger partial charge in [-0.3, -0.25) is 4.79 Å². The molecule has 5 heteroatoms. The minimum atomic E-state index is -0.0889. The number of hydrogen-bond donors (Lipinski definition) is 1. The zero-order valence-electron chi connectivity index (χ0n) is 11.3. The molecule has 1 N–H and O–H groups in total. The Morgan fingerprint density at radius 2 is 2.26 bits per heavy atom. The lowest BCUT2D eigenvalue weighted by molar-refractivity contribution is 0.0959. The zero-order valence-corrected chi connectivity index (χ0v) is 13.1. The van der Waals surface area contributed by atoms with Crippen molar-refractivity contribution in [3.63, 3.8) is 0 Å². The van der Waals surface area contributed by atoms with Crippen molar-refractivity contribution in [1.29, 1.82) is 0 Å². The van der Waals surface area contributed by atoms with Crippen LogP contribution in [0.1, 0.15) is 24.2 Å². The highest BCUT2D eigenvalue weighted by atomic mass is 32.1. The Morgan fingerprint density at radius 3 is 3.00 bits per heavy atom. The van der Waals surface area contributed by atoms with Crippen LogP contribution in [0.3, 0.4) is 0 Å². The number of aromatic nitrogens is 1. The maximum atomic E-state index is 11.8. The molecule has 0 spiro atoms. The van der Waals surface area contributed by atoms with Crippen molar-refractivity contribution in [3.05, 3.63) is 29.3 Å². The zero-order chi connectivity index (χ0) is 14.1. The summed E-state index contributed by atoms with van der Waals surface area (Å²) in [5.41, 5.74) is 6.30.